The van der Waals surface area contributed by atoms with E-state index in [1.807, 2.05) is 6.92 Å². The van der Waals surface area contributed by atoms with Crippen molar-refractivity contribution in [3.63, 3.8) is 0 Å². The van der Waals surface area contributed by atoms with Gasteiger partial charge < -0.3 is 4.74 Å². The van der Waals surface area contributed by atoms with Crippen LogP contribution in [-0.2, 0) is 4.74 Å². The largest absolute Gasteiger partial charge is 0.376 e. The molecule has 0 bridgehead atoms. The Hall–Kier alpha value is -2.58. The molecular formula is C18H17N3O4S. The fourth-order valence-electron chi connectivity index (χ4n) is 3.17. The van der Waals surface area contributed by atoms with Gasteiger partial charge in [-0.05, 0) is 38.0 Å². The molecule has 1 fully saturated rings. The highest BCUT2D eigenvalue weighted by molar-refractivity contribution is 7.15. The second-order valence-corrected chi connectivity index (χ2v) is 7.58. The summed E-state index contributed by atoms with van der Waals surface area (Å²) >= 11 is 1.37. The lowest BCUT2D eigenvalue weighted by molar-refractivity contribution is 0.0475. The van der Waals surface area contributed by atoms with Crippen LogP contribution in [0.25, 0.3) is 0 Å². The first-order valence-corrected chi connectivity index (χ1v) is 9.20. The van der Waals surface area contributed by atoms with Crippen molar-refractivity contribution in [2.45, 2.75) is 25.9 Å². The van der Waals surface area contributed by atoms with Crippen molar-refractivity contribution in [3.8, 4) is 0 Å². The van der Waals surface area contributed by atoms with Crippen molar-refractivity contribution in [2.24, 2.45) is 0 Å². The highest BCUT2D eigenvalue weighted by Gasteiger charge is 2.37. The smallest absolute Gasteiger partial charge is 0.261 e. The quantitative estimate of drug-likeness (QED) is 0.834. The van der Waals surface area contributed by atoms with Gasteiger partial charge in [0.1, 0.15) is 0 Å². The molecule has 2 aliphatic heterocycles. The average Bonchev–Trinajstić information content (AvgIpc) is 3.33. The van der Waals surface area contributed by atoms with Gasteiger partial charge in [0.05, 0.1) is 23.8 Å². The van der Waals surface area contributed by atoms with Crippen molar-refractivity contribution in [1.29, 1.82) is 0 Å². The van der Waals surface area contributed by atoms with Gasteiger partial charge in [-0.1, -0.05) is 0 Å². The summed E-state index contributed by atoms with van der Waals surface area (Å²) in [7, 11) is 0. The second-order valence-electron chi connectivity index (χ2n) is 6.35. The Labute approximate surface area is 154 Å². The zero-order valence-electron chi connectivity index (χ0n) is 14.2. The fourth-order valence-corrected chi connectivity index (χ4v) is 3.83. The molecule has 134 valence electrons. The van der Waals surface area contributed by atoms with Crippen LogP contribution in [0.5, 0.6) is 0 Å². The van der Waals surface area contributed by atoms with Crippen LogP contribution in [0.1, 0.15) is 48.8 Å². The highest BCUT2D eigenvalue weighted by Crippen LogP contribution is 2.26. The Kier molecular flexibility index (Phi) is 4.29. The molecule has 8 heteroatoms. The number of amides is 3. The molecule has 2 aliphatic rings. The number of hydrogen-bond donors (Lipinski definition) is 1. The maximum Gasteiger partial charge on any atom is 0.261 e. The molecule has 0 saturated carbocycles. The van der Waals surface area contributed by atoms with E-state index < -0.39 is 0 Å². The number of imide groups is 1. The lowest BCUT2D eigenvalue weighted by Crippen LogP contribution is -2.36. The van der Waals surface area contributed by atoms with Crippen molar-refractivity contribution in [2.75, 3.05) is 18.5 Å². The molecule has 0 unspecified atom stereocenters. The summed E-state index contributed by atoms with van der Waals surface area (Å²) < 4.78 is 5.52. The van der Waals surface area contributed by atoms with Crippen LogP contribution in [-0.4, -0.2) is 46.9 Å². The SMILES string of the molecule is Cc1cnc(NC(=O)c2ccc3c(c2)C(=O)N(C[C@@H]2CCCO2)C3=O)s1. The minimum absolute atomic E-state index is 0.104. The zero-order valence-corrected chi connectivity index (χ0v) is 15.0. The summed E-state index contributed by atoms with van der Waals surface area (Å²) in [5, 5.41) is 3.20. The van der Waals surface area contributed by atoms with Gasteiger partial charge in [0.2, 0.25) is 0 Å². The first kappa shape index (κ1) is 16.9. The number of fused-ring (bicyclic) bond motifs is 1. The van der Waals surface area contributed by atoms with Crippen LogP contribution in [0.2, 0.25) is 0 Å². The molecule has 1 N–H and O–H groups in total. The normalized spacial score (nSPS) is 19.1. The fraction of sp³-hybridized carbons (Fsp3) is 0.333. The van der Waals surface area contributed by atoms with Gasteiger partial charge in [0.25, 0.3) is 17.7 Å². The molecule has 3 amide bonds. The van der Waals surface area contributed by atoms with E-state index >= 15 is 0 Å². The van der Waals surface area contributed by atoms with E-state index in [2.05, 4.69) is 10.3 Å². The summed E-state index contributed by atoms with van der Waals surface area (Å²) in [6, 6.07) is 4.56. The van der Waals surface area contributed by atoms with Crippen LogP contribution < -0.4 is 5.32 Å². The van der Waals surface area contributed by atoms with Crippen LogP contribution in [0.4, 0.5) is 5.13 Å². The second kappa shape index (κ2) is 6.62. The minimum atomic E-state index is -0.375. The van der Waals surface area contributed by atoms with Gasteiger partial charge >= 0.3 is 0 Å². The average molecular weight is 371 g/mol. The van der Waals surface area contributed by atoms with Gasteiger partial charge in [-0.15, -0.1) is 11.3 Å². The monoisotopic (exact) mass is 371 g/mol. The lowest BCUT2D eigenvalue weighted by atomic mass is 10.1. The standard InChI is InChI=1S/C18H17N3O4S/c1-10-8-19-18(26-10)20-15(22)11-4-5-13-14(7-11)17(24)21(16(13)23)9-12-3-2-6-25-12/h4-5,7-8,12H,2-3,6,9H2,1H3,(H,19,20,22)/t12-/m0/s1. The third-order valence-electron chi connectivity index (χ3n) is 4.48. The van der Waals surface area contributed by atoms with Crippen LogP contribution in [0, 0.1) is 6.92 Å². The number of carbonyl (C=O) groups is 3. The molecule has 0 aliphatic carbocycles. The number of aryl methyl sites for hydroxylation is 1. The summed E-state index contributed by atoms with van der Waals surface area (Å²) in [5.41, 5.74) is 0.905. The molecular weight excluding hydrogens is 354 g/mol. The van der Waals surface area contributed by atoms with Crippen molar-refractivity contribution < 1.29 is 19.1 Å². The first-order valence-electron chi connectivity index (χ1n) is 8.38. The van der Waals surface area contributed by atoms with E-state index in [9.17, 15) is 14.4 Å². The molecule has 1 aromatic carbocycles. The number of aromatic nitrogens is 1. The van der Waals surface area contributed by atoms with E-state index in [0.717, 1.165) is 17.7 Å². The minimum Gasteiger partial charge on any atom is -0.376 e. The summed E-state index contributed by atoms with van der Waals surface area (Å²) in [4.78, 5) is 43.8. The first-order chi connectivity index (χ1) is 12.5. The third kappa shape index (κ3) is 3.02. The maximum atomic E-state index is 12.6. The van der Waals surface area contributed by atoms with Crippen molar-refractivity contribution >= 4 is 34.2 Å². The summed E-state index contributed by atoms with van der Waals surface area (Å²) in [6.07, 6.45) is 3.35. The van der Waals surface area contributed by atoms with Gasteiger partial charge in [-0.2, -0.15) is 0 Å². The van der Waals surface area contributed by atoms with E-state index in [1.165, 1.54) is 28.4 Å². The van der Waals surface area contributed by atoms with Gasteiger partial charge in [-0.3, -0.25) is 24.6 Å². The maximum absolute atomic E-state index is 12.6. The Morgan fingerprint density at radius 1 is 1.35 bits per heavy atom. The number of nitrogens with one attached hydrogen (secondary N) is 1. The molecule has 1 atom stereocenters. The van der Waals surface area contributed by atoms with E-state index in [-0.39, 0.29) is 35.9 Å². The lowest BCUT2D eigenvalue weighted by Gasteiger charge is -2.17. The molecule has 4 rings (SSSR count). The molecule has 7 nitrogen and oxygen atoms in total. The molecule has 3 heterocycles. The Bertz CT molecular complexity index is 902. The Morgan fingerprint density at radius 3 is 2.85 bits per heavy atom. The van der Waals surface area contributed by atoms with Gasteiger partial charge in [-0.25, -0.2) is 4.98 Å². The number of anilines is 1. The number of benzene rings is 1. The summed E-state index contributed by atoms with van der Waals surface area (Å²) in [6.45, 7) is 2.82. The number of rotatable bonds is 4. The number of ether oxygens (including phenoxy) is 1. The topological polar surface area (TPSA) is 88.6 Å². The van der Waals surface area contributed by atoms with Crippen LogP contribution in [0.3, 0.4) is 0 Å². The molecule has 1 saturated heterocycles. The predicted molar refractivity (Wildman–Crippen MR) is 95.6 cm³/mol. The molecule has 0 radical (unpaired) electrons. The number of carbonyl (C=O) groups excluding carboxylic acids is 3. The van der Waals surface area contributed by atoms with Crippen molar-refractivity contribution in [1.82, 2.24) is 9.88 Å². The van der Waals surface area contributed by atoms with E-state index in [0.29, 0.717) is 22.9 Å². The molecule has 2 aromatic rings. The van der Waals surface area contributed by atoms with Gasteiger partial charge in [0.15, 0.2) is 5.13 Å². The predicted octanol–water partition coefficient (Wildman–Crippen LogP) is 2.48. The zero-order chi connectivity index (χ0) is 18.3. The number of hydrogen-bond acceptors (Lipinski definition) is 6. The third-order valence-corrected chi connectivity index (χ3v) is 5.31. The molecule has 26 heavy (non-hydrogen) atoms. The van der Waals surface area contributed by atoms with Gasteiger partial charge in [0, 0.05) is 23.2 Å². The van der Waals surface area contributed by atoms with Crippen LogP contribution >= 0.6 is 11.3 Å². The Morgan fingerprint density at radius 2 is 2.15 bits per heavy atom. The van der Waals surface area contributed by atoms with E-state index in [4.69, 9.17) is 4.74 Å². The summed E-state index contributed by atoms with van der Waals surface area (Å²) in [5.74, 6) is -1.07. The van der Waals surface area contributed by atoms with Crippen LogP contribution in [0.15, 0.2) is 24.4 Å². The molecule has 1 aromatic heterocycles. The molecule has 0 spiro atoms. The highest BCUT2D eigenvalue weighted by atomic mass is 32.1. The number of nitrogens with zero attached hydrogens (tertiary/aromatic N) is 2. The number of thiazole rings is 1. The Balaban J connectivity index is 1.54. The van der Waals surface area contributed by atoms with E-state index in [1.54, 1.807) is 12.3 Å². The van der Waals surface area contributed by atoms with Crippen molar-refractivity contribution in [3.05, 3.63) is 46.0 Å².